The van der Waals surface area contributed by atoms with Gasteiger partial charge in [-0.2, -0.15) is 5.10 Å². The molecule has 1 heterocycles. The average Bonchev–Trinajstić information content (AvgIpc) is 2.65. The summed E-state index contributed by atoms with van der Waals surface area (Å²) < 4.78 is 1.82. The number of nitrogens with zero attached hydrogens (tertiary/aromatic N) is 2. The van der Waals surface area contributed by atoms with Crippen molar-refractivity contribution in [2.45, 2.75) is 13.5 Å². The summed E-state index contributed by atoms with van der Waals surface area (Å²) in [6.07, 6.45) is 0. The van der Waals surface area contributed by atoms with Crippen molar-refractivity contribution in [3.8, 4) is 0 Å². The van der Waals surface area contributed by atoms with Crippen LogP contribution in [-0.4, -0.2) is 14.9 Å². The smallest absolute Gasteiger partial charge is 0.171 e. The predicted octanol–water partition coefficient (Wildman–Crippen LogP) is 3.52. The highest BCUT2D eigenvalue weighted by Crippen LogP contribution is 2.22. The molecule has 4 nitrogen and oxygen atoms in total. The van der Waals surface area contributed by atoms with E-state index in [-0.39, 0.29) is 0 Å². The largest absolute Gasteiger partial charge is 0.357 e. The zero-order valence-electron chi connectivity index (χ0n) is 11.1. The lowest BCUT2D eigenvalue weighted by molar-refractivity contribution is 0.712. The molecule has 0 aliphatic rings. The van der Waals surface area contributed by atoms with Gasteiger partial charge in [0.05, 0.1) is 12.2 Å². The third-order valence-corrected chi connectivity index (χ3v) is 3.40. The van der Waals surface area contributed by atoms with E-state index in [1.807, 2.05) is 24.7 Å². The fourth-order valence-electron chi connectivity index (χ4n) is 1.69. The van der Waals surface area contributed by atoms with Crippen LogP contribution in [-0.2, 0) is 13.6 Å². The number of benzene rings is 1. The quantitative estimate of drug-likeness (QED) is 0.846. The molecule has 0 radical (unpaired) electrons. The van der Waals surface area contributed by atoms with Crippen molar-refractivity contribution in [3.63, 3.8) is 0 Å². The molecule has 2 rings (SSSR count). The third-order valence-electron chi connectivity index (χ3n) is 2.71. The van der Waals surface area contributed by atoms with Crippen molar-refractivity contribution < 1.29 is 0 Å². The Hall–Kier alpha value is -1.30. The number of aryl methyl sites for hydroxylation is 2. The molecule has 106 valence electrons. The monoisotopic (exact) mass is 328 g/mol. The normalized spacial score (nSPS) is 10.4. The summed E-state index contributed by atoms with van der Waals surface area (Å²) in [6.45, 7) is 2.56. The van der Waals surface area contributed by atoms with Crippen LogP contribution >= 0.6 is 35.4 Å². The van der Waals surface area contributed by atoms with Crippen LogP contribution < -0.4 is 10.6 Å². The summed E-state index contributed by atoms with van der Waals surface area (Å²) in [6, 6.07) is 7.19. The number of rotatable bonds is 3. The minimum atomic E-state index is 0.492. The maximum atomic E-state index is 5.93. The number of hydrogen-bond acceptors (Lipinski definition) is 2. The summed E-state index contributed by atoms with van der Waals surface area (Å²) >= 11 is 17.1. The van der Waals surface area contributed by atoms with E-state index in [1.165, 1.54) is 0 Å². The minimum Gasteiger partial charge on any atom is -0.357 e. The van der Waals surface area contributed by atoms with Gasteiger partial charge in [-0.25, -0.2) is 0 Å². The Balaban J connectivity index is 1.92. The molecule has 0 aliphatic heterocycles. The molecule has 2 aromatic rings. The van der Waals surface area contributed by atoms with E-state index in [2.05, 4.69) is 15.7 Å². The zero-order valence-corrected chi connectivity index (χ0v) is 13.4. The molecule has 0 bridgehead atoms. The van der Waals surface area contributed by atoms with Gasteiger partial charge in [0.2, 0.25) is 0 Å². The molecule has 1 aromatic carbocycles. The van der Waals surface area contributed by atoms with Crippen molar-refractivity contribution in [1.82, 2.24) is 15.1 Å². The van der Waals surface area contributed by atoms with E-state index < -0.39 is 0 Å². The molecule has 0 atom stereocenters. The lowest BCUT2D eigenvalue weighted by Gasteiger charge is -2.10. The zero-order chi connectivity index (χ0) is 14.7. The first kappa shape index (κ1) is 15.1. The van der Waals surface area contributed by atoms with Crippen LogP contribution in [0.15, 0.2) is 24.3 Å². The van der Waals surface area contributed by atoms with Gasteiger partial charge in [0, 0.05) is 28.5 Å². The van der Waals surface area contributed by atoms with Crippen LogP contribution in [0.5, 0.6) is 0 Å². The van der Waals surface area contributed by atoms with Crippen molar-refractivity contribution in [1.29, 1.82) is 0 Å². The predicted molar refractivity (Wildman–Crippen MR) is 87.5 cm³/mol. The highest BCUT2D eigenvalue weighted by molar-refractivity contribution is 7.80. The Kier molecular flexibility index (Phi) is 4.86. The van der Waals surface area contributed by atoms with Crippen molar-refractivity contribution >= 4 is 46.2 Å². The number of thiocarbonyl (C=S) groups is 1. The molecule has 0 fully saturated rings. The molecule has 0 saturated carbocycles. The molecule has 20 heavy (non-hydrogen) atoms. The van der Waals surface area contributed by atoms with Crippen LogP contribution in [0.3, 0.4) is 0 Å². The Morgan fingerprint density at radius 1 is 1.25 bits per heavy atom. The van der Waals surface area contributed by atoms with Crippen LogP contribution in [0.25, 0.3) is 0 Å². The lowest BCUT2D eigenvalue weighted by atomic mass is 10.3. The van der Waals surface area contributed by atoms with Gasteiger partial charge in [-0.15, -0.1) is 0 Å². The molecular formula is C13H14Cl2N4S. The molecule has 0 unspecified atom stereocenters. The summed E-state index contributed by atoms with van der Waals surface area (Å²) in [5.74, 6) is 0. The van der Waals surface area contributed by atoms with Crippen molar-refractivity contribution in [2.75, 3.05) is 5.32 Å². The molecular weight excluding hydrogens is 315 g/mol. The van der Waals surface area contributed by atoms with Gasteiger partial charge in [-0.05, 0) is 43.4 Å². The van der Waals surface area contributed by atoms with Gasteiger partial charge in [0.25, 0.3) is 0 Å². The Morgan fingerprint density at radius 2 is 1.90 bits per heavy atom. The van der Waals surface area contributed by atoms with E-state index >= 15 is 0 Å². The summed E-state index contributed by atoms with van der Waals surface area (Å²) in [7, 11) is 1.91. The number of nitrogens with one attached hydrogen (secondary N) is 2. The maximum absolute atomic E-state index is 5.93. The van der Waals surface area contributed by atoms with Gasteiger partial charge in [-0.3, -0.25) is 4.68 Å². The second-order valence-electron chi connectivity index (χ2n) is 4.37. The first-order valence-electron chi connectivity index (χ1n) is 5.94. The van der Waals surface area contributed by atoms with Gasteiger partial charge in [-0.1, -0.05) is 23.2 Å². The van der Waals surface area contributed by atoms with Crippen LogP contribution in [0.4, 0.5) is 5.69 Å². The molecule has 1 aromatic heterocycles. The highest BCUT2D eigenvalue weighted by Gasteiger charge is 2.04. The van der Waals surface area contributed by atoms with Crippen LogP contribution in [0.2, 0.25) is 10.0 Å². The molecule has 0 spiro atoms. The standard InChI is InChI=1S/C13H14Cl2N4S/c1-8-3-12(18-19(8)2)7-16-13(20)17-11-5-9(14)4-10(15)6-11/h3-6H,7H2,1-2H3,(H2,16,17,20). The van der Waals surface area contributed by atoms with Gasteiger partial charge < -0.3 is 10.6 Å². The summed E-state index contributed by atoms with van der Waals surface area (Å²) in [4.78, 5) is 0. The van der Waals surface area contributed by atoms with Crippen LogP contribution in [0.1, 0.15) is 11.4 Å². The van der Waals surface area contributed by atoms with E-state index in [9.17, 15) is 0 Å². The SMILES string of the molecule is Cc1cc(CNC(=S)Nc2cc(Cl)cc(Cl)c2)nn1C. The van der Waals surface area contributed by atoms with Gasteiger partial charge in [0.15, 0.2) is 5.11 Å². The topological polar surface area (TPSA) is 41.9 Å². The van der Waals surface area contributed by atoms with Gasteiger partial charge in [0.1, 0.15) is 0 Å². The van der Waals surface area contributed by atoms with Gasteiger partial charge >= 0.3 is 0 Å². The first-order valence-corrected chi connectivity index (χ1v) is 7.11. The number of hydrogen-bond donors (Lipinski definition) is 2. The fourth-order valence-corrected chi connectivity index (χ4v) is 2.41. The van der Waals surface area contributed by atoms with E-state index in [0.29, 0.717) is 21.7 Å². The highest BCUT2D eigenvalue weighted by atomic mass is 35.5. The minimum absolute atomic E-state index is 0.492. The van der Waals surface area contributed by atoms with E-state index in [0.717, 1.165) is 17.1 Å². The van der Waals surface area contributed by atoms with E-state index in [4.69, 9.17) is 35.4 Å². The average molecular weight is 329 g/mol. The van der Waals surface area contributed by atoms with Crippen LogP contribution in [0, 0.1) is 6.92 Å². The number of anilines is 1. The number of halogens is 2. The maximum Gasteiger partial charge on any atom is 0.171 e. The Morgan fingerprint density at radius 3 is 2.45 bits per heavy atom. The third kappa shape index (κ3) is 4.10. The van der Waals surface area contributed by atoms with E-state index in [1.54, 1.807) is 18.2 Å². The molecule has 7 heteroatoms. The molecule has 0 amide bonds. The molecule has 0 aliphatic carbocycles. The second kappa shape index (κ2) is 6.43. The fraction of sp³-hybridized carbons (Fsp3) is 0.231. The summed E-state index contributed by atoms with van der Waals surface area (Å²) in [5.41, 5.74) is 2.78. The number of aromatic nitrogens is 2. The molecule has 0 saturated heterocycles. The lowest BCUT2D eigenvalue weighted by Crippen LogP contribution is -2.28. The van der Waals surface area contributed by atoms with Crippen molar-refractivity contribution in [2.24, 2.45) is 7.05 Å². The first-order chi connectivity index (χ1) is 9.44. The molecule has 2 N–H and O–H groups in total. The Bertz CT molecular complexity index is 600. The second-order valence-corrected chi connectivity index (χ2v) is 5.65. The Labute approximate surface area is 133 Å². The van der Waals surface area contributed by atoms with Crippen molar-refractivity contribution in [3.05, 3.63) is 45.7 Å². The summed E-state index contributed by atoms with van der Waals surface area (Å²) in [5, 5.41) is 12.1.